The predicted molar refractivity (Wildman–Crippen MR) is 90.8 cm³/mol. The quantitative estimate of drug-likeness (QED) is 0.727. The van der Waals surface area contributed by atoms with Crippen molar-refractivity contribution < 1.29 is 4.79 Å². The lowest BCUT2D eigenvalue weighted by molar-refractivity contribution is 0.0742. The summed E-state index contributed by atoms with van der Waals surface area (Å²) >= 11 is 9.37. The molecule has 2 nitrogen and oxygen atoms in total. The molecule has 110 valence electrons. The van der Waals surface area contributed by atoms with E-state index in [4.69, 9.17) is 11.6 Å². The number of carbonyl (C=O) groups excluding carboxylic acids is 1. The molecule has 0 aliphatic rings. The van der Waals surface area contributed by atoms with E-state index in [9.17, 15) is 4.79 Å². The average Bonchev–Trinajstić information content (AvgIpc) is 2.48. The zero-order valence-electron chi connectivity index (χ0n) is 12.2. The molecule has 0 saturated heterocycles. The summed E-state index contributed by atoms with van der Waals surface area (Å²) in [4.78, 5) is 14.4. The Morgan fingerprint density at radius 3 is 2.43 bits per heavy atom. The molecular formula is C17H17BrClNO. The molecule has 21 heavy (non-hydrogen) atoms. The van der Waals surface area contributed by atoms with Gasteiger partial charge in [0.15, 0.2) is 0 Å². The maximum Gasteiger partial charge on any atom is 0.254 e. The number of halogens is 2. The van der Waals surface area contributed by atoms with Crippen molar-refractivity contribution in [2.24, 2.45) is 0 Å². The molecule has 0 radical (unpaired) electrons. The molecule has 0 N–H and O–H groups in total. The SMILES string of the molecule is Cc1c(Br)cccc1C(=O)N(C)C(C)c1ccc(Cl)cc1. The minimum Gasteiger partial charge on any atom is -0.335 e. The number of hydrogen-bond acceptors (Lipinski definition) is 1. The smallest absolute Gasteiger partial charge is 0.254 e. The molecule has 0 aliphatic carbocycles. The molecule has 0 saturated carbocycles. The van der Waals surface area contributed by atoms with Crippen molar-refractivity contribution in [3.05, 3.63) is 68.7 Å². The molecule has 0 heterocycles. The lowest BCUT2D eigenvalue weighted by Gasteiger charge is -2.26. The summed E-state index contributed by atoms with van der Waals surface area (Å²) in [5.41, 5.74) is 2.73. The minimum atomic E-state index is -0.0202. The van der Waals surface area contributed by atoms with Crippen molar-refractivity contribution in [2.75, 3.05) is 7.05 Å². The van der Waals surface area contributed by atoms with Crippen molar-refractivity contribution in [3.8, 4) is 0 Å². The number of amides is 1. The fraction of sp³-hybridized carbons (Fsp3) is 0.235. The van der Waals surface area contributed by atoms with Crippen LogP contribution >= 0.6 is 27.5 Å². The summed E-state index contributed by atoms with van der Waals surface area (Å²) in [6, 6.07) is 13.2. The predicted octanol–water partition coefficient (Wildman–Crippen LogP) is 5.24. The first-order chi connectivity index (χ1) is 9.91. The van der Waals surface area contributed by atoms with Crippen molar-refractivity contribution in [1.29, 1.82) is 0 Å². The van der Waals surface area contributed by atoms with Gasteiger partial charge in [-0.05, 0) is 49.2 Å². The molecule has 0 fully saturated rings. The first-order valence-electron chi connectivity index (χ1n) is 6.69. The summed E-state index contributed by atoms with van der Waals surface area (Å²) < 4.78 is 0.945. The van der Waals surface area contributed by atoms with E-state index in [-0.39, 0.29) is 11.9 Å². The van der Waals surface area contributed by atoms with E-state index in [0.717, 1.165) is 15.6 Å². The van der Waals surface area contributed by atoms with Gasteiger partial charge in [0.25, 0.3) is 5.91 Å². The van der Waals surface area contributed by atoms with E-state index < -0.39 is 0 Å². The summed E-state index contributed by atoms with van der Waals surface area (Å²) in [5, 5.41) is 0.697. The number of benzene rings is 2. The second-order valence-corrected chi connectivity index (χ2v) is 6.35. The fourth-order valence-corrected chi connectivity index (χ4v) is 2.66. The third kappa shape index (κ3) is 3.47. The highest BCUT2D eigenvalue weighted by molar-refractivity contribution is 9.10. The Bertz CT molecular complexity index is 654. The van der Waals surface area contributed by atoms with Gasteiger partial charge in [-0.2, -0.15) is 0 Å². The van der Waals surface area contributed by atoms with E-state index in [1.807, 2.05) is 63.4 Å². The van der Waals surface area contributed by atoms with Crippen molar-refractivity contribution >= 4 is 33.4 Å². The van der Waals surface area contributed by atoms with Crippen LogP contribution in [0.1, 0.15) is 34.5 Å². The van der Waals surface area contributed by atoms with Crippen molar-refractivity contribution in [2.45, 2.75) is 19.9 Å². The molecular weight excluding hydrogens is 350 g/mol. The van der Waals surface area contributed by atoms with Gasteiger partial charge >= 0.3 is 0 Å². The van der Waals surface area contributed by atoms with Gasteiger partial charge < -0.3 is 4.90 Å². The first-order valence-corrected chi connectivity index (χ1v) is 7.86. The van der Waals surface area contributed by atoms with Gasteiger partial charge in [-0.15, -0.1) is 0 Å². The van der Waals surface area contributed by atoms with Crippen LogP contribution in [0.5, 0.6) is 0 Å². The maximum absolute atomic E-state index is 12.7. The standard InChI is InChI=1S/C17H17BrClNO/c1-11-15(5-4-6-16(11)18)17(21)20(3)12(2)13-7-9-14(19)10-8-13/h4-10,12H,1-3H3. The van der Waals surface area contributed by atoms with Gasteiger partial charge in [-0.1, -0.05) is 45.7 Å². The van der Waals surface area contributed by atoms with Crippen LogP contribution < -0.4 is 0 Å². The Labute approximate surface area is 138 Å². The Morgan fingerprint density at radius 1 is 1.19 bits per heavy atom. The number of nitrogens with zero attached hydrogens (tertiary/aromatic N) is 1. The van der Waals surface area contributed by atoms with Crippen LogP contribution in [-0.2, 0) is 0 Å². The maximum atomic E-state index is 12.7. The lowest BCUT2D eigenvalue weighted by Crippen LogP contribution is -2.30. The Morgan fingerprint density at radius 2 is 1.81 bits per heavy atom. The van der Waals surface area contributed by atoms with Crippen LogP contribution in [0.2, 0.25) is 5.02 Å². The first kappa shape index (κ1) is 16.1. The molecule has 0 aliphatic heterocycles. The summed E-state index contributed by atoms with van der Waals surface area (Å²) in [7, 11) is 1.82. The summed E-state index contributed by atoms with van der Waals surface area (Å²) in [5.74, 6) is 0.0104. The third-order valence-corrected chi connectivity index (χ3v) is 4.86. The van der Waals surface area contributed by atoms with E-state index in [0.29, 0.717) is 10.6 Å². The lowest BCUT2D eigenvalue weighted by atomic mass is 10.0. The van der Waals surface area contributed by atoms with Gasteiger partial charge in [-0.25, -0.2) is 0 Å². The molecule has 4 heteroatoms. The van der Waals surface area contributed by atoms with E-state index >= 15 is 0 Å². The highest BCUT2D eigenvalue weighted by Crippen LogP contribution is 2.25. The molecule has 0 aromatic heterocycles. The highest BCUT2D eigenvalue weighted by Gasteiger charge is 2.20. The molecule has 1 amide bonds. The largest absolute Gasteiger partial charge is 0.335 e. The zero-order chi connectivity index (χ0) is 15.6. The van der Waals surface area contributed by atoms with Crippen LogP contribution in [0.25, 0.3) is 0 Å². The second-order valence-electron chi connectivity index (χ2n) is 5.06. The average molecular weight is 367 g/mol. The van der Waals surface area contributed by atoms with E-state index in [1.165, 1.54) is 0 Å². The van der Waals surface area contributed by atoms with Gasteiger partial charge in [-0.3, -0.25) is 4.79 Å². The zero-order valence-corrected chi connectivity index (χ0v) is 14.6. The summed E-state index contributed by atoms with van der Waals surface area (Å²) in [6.45, 7) is 3.95. The highest BCUT2D eigenvalue weighted by atomic mass is 79.9. The van der Waals surface area contributed by atoms with Crippen molar-refractivity contribution in [1.82, 2.24) is 4.90 Å². The molecule has 1 unspecified atom stereocenters. The molecule has 2 aromatic carbocycles. The normalized spacial score (nSPS) is 12.0. The third-order valence-electron chi connectivity index (χ3n) is 3.75. The number of rotatable bonds is 3. The van der Waals surface area contributed by atoms with Gasteiger partial charge in [0.1, 0.15) is 0 Å². The van der Waals surface area contributed by atoms with Crippen LogP contribution in [0.15, 0.2) is 46.9 Å². The monoisotopic (exact) mass is 365 g/mol. The van der Waals surface area contributed by atoms with Gasteiger partial charge in [0, 0.05) is 22.1 Å². The molecule has 0 bridgehead atoms. The Balaban J connectivity index is 2.26. The number of carbonyl (C=O) groups is 1. The molecule has 1 atom stereocenters. The molecule has 0 spiro atoms. The van der Waals surface area contributed by atoms with Gasteiger partial charge in [0.05, 0.1) is 6.04 Å². The van der Waals surface area contributed by atoms with Crippen LogP contribution in [0.4, 0.5) is 0 Å². The van der Waals surface area contributed by atoms with Crippen LogP contribution in [0.3, 0.4) is 0 Å². The van der Waals surface area contributed by atoms with Crippen molar-refractivity contribution in [3.63, 3.8) is 0 Å². The molecule has 2 aromatic rings. The topological polar surface area (TPSA) is 20.3 Å². The second kappa shape index (κ2) is 6.63. The summed E-state index contributed by atoms with van der Waals surface area (Å²) in [6.07, 6.45) is 0. The molecule has 2 rings (SSSR count). The Hall–Kier alpha value is -1.32. The van der Waals surface area contributed by atoms with E-state index in [2.05, 4.69) is 15.9 Å². The van der Waals surface area contributed by atoms with Gasteiger partial charge in [0.2, 0.25) is 0 Å². The van der Waals surface area contributed by atoms with Crippen LogP contribution in [-0.4, -0.2) is 17.9 Å². The van der Waals surface area contributed by atoms with Crippen LogP contribution in [0, 0.1) is 6.92 Å². The Kier molecular flexibility index (Phi) is 5.07. The van der Waals surface area contributed by atoms with E-state index in [1.54, 1.807) is 4.90 Å². The fourth-order valence-electron chi connectivity index (χ4n) is 2.17. The minimum absolute atomic E-state index is 0.0104. The number of hydrogen-bond donors (Lipinski definition) is 0.